The molecule has 1 saturated heterocycles. The predicted octanol–water partition coefficient (Wildman–Crippen LogP) is 3.65. The highest BCUT2D eigenvalue weighted by atomic mass is 35.5. The summed E-state index contributed by atoms with van der Waals surface area (Å²) >= 11 is 6.09. The van der Waals surface area contributed by atoms with Crippen LogP contribution in [0, 0.1) is 5.92 Å². The summed E-state index contributed by atoms with van der Waals surface area (Å²) in [5.74, 6) is 2.02. The van der Waals surface area contributed by atoms with Crippen LogP contribution in [0.4, 0.5) is 0 Å². The highest BCUT2D eigenvalue weighted by Gasteiger charge is 2.29. The summed E-state index contributed by atoms with van der Waals surface area (Å²) in [6.45, 7) is 2.18. The Labute approximate surface area is 125 Å². The van der Waals surface area contributed by atoms with Gasteiger partial charge in [-0.15, -0.1) is 0 Å². The Morgan fingerprint density at radius 3 is 2.85 bits per heavy atom. The van der Waals surface area contributed by atoms with Gasteiger partial charge in [0.1, 0.15) is 12.4 Å². The lowest BCUT2D eigenvalue weighted by atomic mass is 10.0. The first kappa shape index (κ1) is 14.2. The molecule has 2 atom stereocenters. The van der Waals surface area contributed by atoms with E-state index >= 15 is 0 Å². The molecule has 1 aromatic carbocycles. The number of benzene rings is 1. The summed E-state index contributed by atoms with van der Waals surface area (Å²) in [6.07, 6.45) is 3.62. The van der Waals surface area contributed by atoms with E-state index in [1.807, 2.05) is 18.2 Å². The van der Waals surface area contributed by atoms with Crippen molar-refractivity contribution in [3.8, 4) is 5.75 Å². The Balaban J connectivity index is 1.64. The molecule has 2 unspecified atom stereocenters. The quantitative estimate of drug-likeness (QED) is 0.802. The molecule has 1 aliphatic heterocycles. The fourth-order valence-electron chi connectivity index (χ4n) is 2.78. The highest BCUT2D eigenvalue weighted by Crippen LogP contribution is 2.45. The molecule has 2 aliphatic rings. The lowest BCUT2D eigenvalue weighted by molar-refractivity contribution is 0.0115. The van der Waals surface area contributed by atoms with Gasteiger partial charge in [-0.25, -0.2) is 0 Å². The maximum absolute atomic E-state index is 6.09. The molecule has 1 saturated carbocycles. The number of rotatable bonds is 6. The van der Waals surface area contributed by atoms with Gasteiger partial charge < -0.3 is 14.2 Å². The van der Waals surface area contributed by atoms with E-state index in [0.29, 0.717) is 18.4 Å². The van der Waals surface area contributed by atoms with Crippen molar-refractivity contribution in [2.24, 2.45) is 5.92 Å². The number of halogens is 1. The summed E-state index contributed by atoms with van der Waals surface area (Å²) in [5, 5.41) is 0.784. The zero-order valence-electron chi connectivity index (χ0n) is 11.8. The van der Waals surface area contributed by atoms with Gasteiger partial charge in [-0.2, -0.15) is 0 Å². The van der Waals surface area contributed by atoms with E-state index in [4.69, 9.17) is 25.8 Å². The molecule has 1 aliphatic carbocycles. The molecule has 4 heteroatoms. The third-order valence-electron chi connectivity index (χ3n) is 4.19. The standard InChI is InChI=1S/C16H21ClO3/c1-18-16(12-6-7-19-9-12)10-20-15-5-4-13(17)8-14(15)11-2-3-11/h4-5,8,11-12,16H,2-3,6-7,9-10H2,1H3. The van der Waals surface area contributed by atoms with Crippen LogP contribution in [0.15, 0.2) is 18.2 Å². The average Bonchev–Trinajstić information content (AvgIpc) is 3.17. The van der Waals surface area contributed by atoms with Crippen molar-refractivity contribution < 1.29 is 14.2 Å². The second kappa shape index (κ2) is 6.33. The zero-order chi connectivity index (χ0) is 13.9. The minimum Gasteiger partial charge on any atom is -0.491 e. The first-order valence-corrected chi connectivity index (χ1v) is 7.68. The van der Waals surface area contributed by atoms with Gasteiger partial charge in [0.2, 0.25) is 0 Å². The van der Waals surface area contributed by atoms with E-state index in [-0.39, 0.29) is 6.10 Å². The molecule has 110 valence electrons. The topological polar surface area (TPSA) is 27.7 Å². The van der Waals surface area contributed by atoms with Crippen LogP contribution < -0.4 is 4.74 Å². The van der Waals surface area contributed by atoms with Crippen molar-refractivity contribution in [2.45, 2.75) is 31.3 Å². The Bertz CT molecular complexity index is 453. The van der Waals surface area contributed by atoms with Gasteiger partial charge in [0.15, 0.2) is 0 Å². The van der Waals surface area contributed by atoms with Crippen LogP contribution in [-0.2, 0) is 9.47 Å². The van der Waals surface area contributed by atoms with Crippen molar-refractivity contribution in [3.63, 3.8) is 0 Å². The van der Waals surface area contributed by atoms with Crippen LogP contribution >= 0.6 is 11.6 Å². The van der Waals surface area contributed by atoms with Crippen LogP contribution in [0.3, 0.4) is 0 Å². The van der Waals surface area contributed by atoms with Crippen molar-refractivity contribution in [3.05, 3.63) is 28.8 Å². The smallest absolute Gasteiger partial charge is 0.123 e. The normalized spacial score (nSPS) is 23.8. The van der Waals surface area contributed by atoms with Crippen LogP contribution in [0.5, 0.6) is 5.75 Å². The van der Waals surface area contributed by atoms with E-state index in [9.17, 15) is 0 Å². The van der Waals surface area contributed by atoms with Gasteiger partial charge in [-0.3, -0.25) is 0 Å². The van der Waals surface area contributed by atoms with E-state index < -0.39 is 0 Å². The third-order valence-corrected chi connectivity index (χ3v) is 4.42. The van der Waals surface area contributed by atoms with E-state index in [1.165, 1.54) is 18.4 Å². The Hall–Kier alpha value is -0.770. The second-order valence-corrected chi connectivity index (χ2v) is 6.10. The lowest BCUT2D eigenvalue weighted by Crippen LogP contribution is -2.29. The van der Waals surface area contributed by atoms with Crippen LogP contribution in [0.1, 0.15) is 30.7 Å². The molecule has 2 fully saturated rings. The molecule has 0 spiro atoms. The minimum absolute atomic E-state index is 0.0974. The van der Waals surface area contributed by atoms with Crippen molar-refractivity contribution in [1.82, 2.24) is 0 Å². The second-order valence-electron chi connectivity index (χ2n) is 5.67. The molecule has 3 rings (SSSR count). The monoisotopic (exact) mass is 296 g/mol. The Morgan fingerprint density at radius 2 is 2.20 bits per heavy atom. The largest absolute Gasteiger partial charge is 0.491 e. The number of hydrogen-bond donors (Lipinski definition) is 0. The van der Waals surface area contributed by atoms with Crippen LogP contribution in [-0.4, -0.2) is 33.0 Å². The van der Waals surface area contributed by atoms with Gasteiger partial charge >= 0.3 is 0 Å². The molecule has 0 amide bonds. The maximum Gasteiger partial charge on any atom is 0.123 e. The fraction of sp³-hybridized carbons (Fsp3) is 0.625. The van der Waals surface area contributed by atoms with Gasteiger partial charge in [-0.05, 0) is 48.9 Å². The van der Waals surface area contributed by atoms with Crippen molar-refractivity contribution >= 4 is 11.6 Å². The molecule has 3 nitrogen and oxygen atoms in total. The van der Waals surface area contributed by atoms with E-state index in [2.05, 4.69) is 0 Å². The van der Waals surface area contributed by atoms with Gasteiger partial charge in [-0.1, -0.05) is 11.6 Å². The minimum atomic E-state index is 0.0974. The molecule has 1 aromatic rings. The summed E-state index contributed by atoms with van der Waals surface area (Å²) in [4.78, 5) is 0. The Kier molecular flexibility index (Phi) is 4.49. The van der Waals surface area contributed by atoms with Gasteiger partial charge in [0, 0.05) is 24.7 Å². The molecule has 1 heterocycles. The highest BCUT2D eigenvalue weighted by molar-refractivity contribution is 6.30. The number of ether oxygens (including phenoxy) is 3. The molecular weight excluding hydrogens is 276 g/mol. The van der Waals surface area contributed by atoms with Crippen LogP contribution in [0.2, 0.25) is 5.02 Å². The molecule has 0 aromatic heterocycles. The van der Waals surface area contributed by atoms with E-state index in [0.717, 1.165) is 30.4 Å². The summed E-state index contributed by atoms with van der Waals surface area (Å²) in [7, 11) is 1.75. The summed E-state index contributed by atoms with van der Waals surface area (Å²) < 4.78 is 17.0. The first-order chi connectivity index (χ1) is 9.78. The van der Waals surface area contributed by atoms with Gasteiger partial charge in [0.05, 0.1) is 12.7 Å². The molecular formula is C16H21ClO3. The maximum atomic E-state index is 6.09. The number of hydrogen-bond acceptors (Lipinski definition) is 3. The lowest BCUT2D eigenvalue weighted by Gasteiger charge is -2.22. The average molecular weight is 297 g/mol. The van der Waals surface area contributed by atoms with Crippen molar-refractivity contribution in [1.29, 1.82) is 0 Å². The van der Waals surface area contributed by atoms with E-state index in [1.54, 1.807) is 7.11 Å². The summed E-state index contributed by atoms with van der Waals surface area (Å²) in [5.41, 5.74) is 1.25. The SMILES string of the molecule is COC(COc1ccc(Cl)cc1C1CC1)C1CCOC1. The predicted molar refractivity (Wildman–Crippen MR) is 78.6 cm³/mol. The molecule has 20 heavy (non-hydrogen) atoms. The Morgan fingerprint density at radius 1 is 1.35 bits per heavy atom. The molecule has 0 bridgehead atoms. The van der Waals surface area contributed by atoms with Gasteiger partial charge in [0.25, 0.3) is 0 Å². The summed E-state index contributed by atoms with van der Waals surface area (Å²) in [6, 6.07) is 5.91. The molecule has 0 N–H and O–H groups in total. The first-order valence-electron chi connectivity index (χ1n) is 7.30. The third kappa shape index (κ3) is 3.27. The fourth-order valence-corrected chi connectivity index (χ4v) is 2.96. The van der Waals surface area contributed by atoms with Crippen LogP contribution in [0.25, 0.3) is 0 Å². The zero-order valence-corrected chi connectivity index (χ0v) is 12.6. The number of methoxy groups -OCH3 is 1. The molecule has 0 radical (unpaired) electrons. The van der Waals surface area contributed by atoms with Crippen molar-refractivity contribution in [2.75, 3.05) is 26.9 Å².